The van der Waals surface area contributed by atoms with Crippen LogP contribution in [0.25, 0.3) is 0 Å². The molecule has 0 aliphatic rings. The van der Waals surface area contributed by atoms with E-state index in [9.17, 15) is 9.59 Å². The Hall–Kier alpha value is -2.57. The van der Waals surface area contributed by atoms with Gasteiger partial charge in [0.15, 0.2) is 0 Å². The van der Waals surface area contributed by atoms with Gasteiger partial charge in [0.1, 0.15) is 11.5 Å². The molecule has 0 saturated carbocycles. The summed E-state index contributed by atoms with van der Waals surface area (Å²) in [6, 6.07) is 17.6. The largest absolute Gasteiger partial charge is 0.513 e. The third-order valence-corrected chi connectivity index (χ3v) is 4.97. The molecule has 0 heterocycles. The van der Waals surface area contributed by atoms with E-state index in [0.29, 0.717) is 36.5 Å². The number of ether oxygens (including phenoxy) is 3. The van der Waals surface area contributed by atoms with E-state index in [2.05, 4.69) is 32.4 Å². The molecule has 6 nitrogen and oxygen atoms in total. The lowest BCUT2D eigenvalue weighted by Crippen LogP contribution is -2.16. The molecule has 2 rings (SSSR count). The van der Waals surface area contributed by atoms with Crippen LogP contribution in [0.2, 0.25) is 0 Å². The van der Waals surface area contributed by atoms with E-state index >= 15 is 0 Å². The van der Waals surface area contributed by atoms with Gasteiger partial charge in [-0.15, -0.1) is 0 Å². The van der Waals surface area contributed by atoms with Gasteiger partial charge in [-0.3, -0.25) is 0 Å². The van der Waals surface area contributed by atoms with E-state index in [1.54, 1.807) is 36.4 Å². The normalized spacial score (nSPS) is 9.82. The third kappa shape index (κ3) is 16.7. The van der Waals surface area contributed by atoms with Crippen LogP contribution in [0.5, 0.6) is 11.5 Å². The van der Waals surface area contributed by atoms with E-state index in [-0.39, 0.29) is 0 Å². The van der Waals surface area contributed by atoms with Crippen molar-refractivity contribution in [3.8, 4) is 11.5 Å². The minimum absolute atomic E-state index is 0.354. The van der Waals surface area contributed by atoms with Gasteiger partial charge in [-0.2, -0.15) is 0 Å². The van der Waals surface area contributed by atoms with Crippen molar-refractivity contribution >= 4 is 23.2 Å². The van der Waals surface area contributed by atoms with Crippen LogP contribution in [0.1, 0.15) is 53.4 Å². The van der Waals surface area contributed by atoms with Gasteiger partial charge in [0.2, 0.25) is 0 Å². The summed E-state index contributed by atoms with van der Waals surface area (Å²) in [6.07, 6.45) is 3.60. The standard InChI is InChI=1S/C13H18O3.C7H5ClO2.C6H14O/c1-3-11(4-2)10-15-13(14)16-12-8-6-5-7-9-12;8-7(9)10-6-4-2-1-3-5-6;1-3-6(4-2)5-7/h5-9,11H,3-4,10H2,1-2H3;1-5H;6-7H,3-5H2,1-2H3. The summed E-state index contributed by atoms with van der Waals surface area (Å²) in [5.74, 6) is 1.93. The van der Waals surface area contributed by atoms with Crippen molar-refractivity contribution < 1.29 is 28.9 Å². The molecule has 7 heteroatoms. The number of hydrogen-bond donors (Lipinski definition) is 1. The first-order valence-electron chi connectivity index (χ1n) is 11.3. The number of carbonyl (C=O) groups excluding carboxylic acids is 2. The van der Waals surface area contributed by atoms with Gasteiger partial charge in [0, 0.05) is 18.2 Å². The fourth-order valence-electron chi connectivity index (χ4n) is 2.45. The summed E-state index contributed by atoms with van der Waals surface area (Å²) >= 11 is 4.95. The van der Waals surface area contributed by atoms with Gasteiger partial charge in [-0.1, -0.05) is 89.8 Å². The number of hydrogen-bond acceptors (Lipinski definition) is 6. The molecule has 0 bridgehead atoms. The van der Waals surface area contributed by atoms with Crippen LogP contribution < -0.4 is 9.47 Å². The lowest BCUT2D eigenvalue weighted by Gasteiger charge is -2.12. The number of rotatable bonds is 9. The molecule has 184 valence electrons. The van der Waals surface area contributed by atoms with Crippen LogP contribution >= 0.6 is 11.6 Å². The van der Waals surface area contributed by atoms with Gasteiger partial charge >= 0.3 is 11.6 Å². The Morgan fingerprint density at radius 3 is 1.52 bits per heavy atom. The number of benzene rings is 2. The molecule has 0 unspecified atom stereocenters. The molecule has 0 saturated heterocycles. The van der Waals surface area contributed by atoms with Gasteiger partial charge in [-0.05, 0) is 36.1 Å². The Kier molecular flexibility index (Phi) is 18.5. The average molecular weight is 481 g/mol. The first-order chi connectivity index (χ1) is 15.9. The molecule has 0 aliphatic heterocycles. The molecular weight excluding hydrogens is 444 g/mol. The number of aliphatic hydroxyl groups is 1. The Labute approximate surface area is 202 Å². The maximum absolute atomic E-state index is 11.3. The zero-order chi connectivity index (χ0) is 24.9. The van der Waals surface area contributed by atoms with Gasteiger partial charge < -0.3 is 19.3 Å². The van der Waals surface area contributed by atoms with E-state index in [4.69, 9.17) is 26.2 Å². The predicted octanol–water partition coefficient (Wildman–Crippen LogP) is 7.48. The molecule has 0 aliphatic carbocycles. The highest BCUT2D eigenvalue weighted by molar-refractivity contribution is 6.61. The summed E-state index contributed by atoms with van der Waals surface area (Å²) in [7, 11) is 0. The van der Waals surface area contributed by atoms with E-state index in [1.165, 1.54) is 0 Å². The lowest BCUT2D eigenvalue weighted by atomic mass is 10.1. The van der Waals surface area contributed by atoms with Crippen LogP contribution in [-0.2, 0) is 4.74 Å². The minimum atomic E-state index is -0.814. The second-order valence-electron chi connectivity index (χ2n) is 7.18. The predicted molar refractivity (Wildman–Crippen MR) is 132 cm³/mol. The summed E-state index contributed by atoms with van der Waals surface area (Å²) in [5, 5.41) is 8.53. The maximum Gasteiger partial charge on any atom is 0.513 e. The maximum atomic E-state index is 11.3. The van der Waals surface area contributed by atoms with Gasteiger partial charge in [0.05, 0.1) is 6.61 Å². The van der Waals surface area contributed by atoms with Crippen LogP contribution in [0.3, 0.4) is 0 Å². The molecule has 33 heavy (non-hydrogen) atoms. The Morgan fingerprint density at radius 1 is 0.758 bits per heavy atom. The van der Waals surface area contributed by atoms with E-state index in [0.717, 1.165) is 25.7 Å². The molecule has 0 radical (unpaired) electrons. The van der Waals surface area contributed by atoms with Crippen molar-refractivity contribution in [3.05, 3.63) is 60.7 Å². The van der Waals surface area contributed by atoms with Crippen molar-refractivity contribution in [2.24, 2.45) is 11.8 Å². The summed E-state index contributed by atoms with van der Waals surface area (Å²) in [5.41, 5.74) is -0.814. The highest BCUT2D eigenvalue weighted by Gasteiger charge is 2.09. The van der Waals surface area contributed by atoms with Crippen LogP contribution in [0.15, 0.2) is 60.7 Å². The molecule has 0 fully saturated rings. The van der Waals surface area contributed by atoms with Crippen molar-refractivity contribution in [2.75, 3.05) is 13.2 Å². The van der Waals surface area contributed by atoms with Crippen LogP contribution in [-0.4, -0.2) is 29.9 Å². The Bertz CT molecular complexity index is 725. The topological polar surface area (TPSA) is 82.1 Å². The number of halogens is 1. The van der Waals surface area contributed by atoms with Crippen molar-refractivity contribution in [3.63, 3.8) is 0 Å². The van der Waals surface area contributed by atoms with Gasteiger partial charge in [-0.25, -0.2) is 9.59 Å². The van der Waals surface area contributed by atoms with Crippen molar-refractivity contribution in [1.29, 1.82) is 0 Å². The number of aliphatic hydroxyl groups excluding tert-OH is 1. The molecule has 2 aromatic carbocycles. The summed E-state index contributed by atoms with van der Waals surface area (Å²) < 4.78 is 14.6. The zero-order valence-electron chi connectivity index (χ0n) is 20.0. The Balaban J connectivity index is 0.000000514. The smallest absolute Gasteiger partial charge is 0.434 e. The molecule has 0 spiro atoms. The third-order valence-electron chi connectivity index (χ3n) is 4.89. The highest BCUT2D eigenvalue weighted by atomic mass is 35.5. The molecule has 0 amide bonds. The minimum Gasteiger partial charge on any atom is -0.434 e. The fraction of sp³-hybridized carbons (Fsp3) is 0.462. The monoisotopic (exact) mass is 480 g/mol. The molecule has 1 N–H and O–H groups in total. The van der Waals surface area contributed by atoms with Crippen molar-refractivity contribution in [1.82, 2.24) is 0 Å². The second-order valence-corrected chi connectivity index (χ2v) is 7.49. The fourth-order valence-corrected chi connectivity index (χ4v) is 2.54. The SMILES string of the molecule is CCC(CC)CO.CCC(CC)COC(=O)Oc1ccccc1.O=C(Cl)Oc1ccccc1. The van der Waals surface area contributed by atoms with E-state index in [1.807, 2.05) is 24.3 Å². The quantitative estimate of drug-likeness (QED) is 0.227. The average Bonchev–Trinajstić information content (AvgIpc) is 2.83. The van der Waals surface area contributed by atoms with Crippen LogP contribution in [0.4, 0.5) is 9.59 Å². The highest BCUT2D eigenvalue weighted by Crippen LogP contribution is 2.12. The Morgan fingerprint density at radius 2 is 1.18 bits per heavy atom. The number of para-hydroxylation sites is 2. The molecule has 0 aromatic heterocycles. The second kappa shape index (κ2) is 20.1. The molecular formula is C26H37ClO6. The molecule has 2 aromatic rings. The molecule has 0 atom stereocenters. The first kappa shape index (κ1) is 30.4. The van der Waals surface area contributed by atoms with E-state index < -0.39 is 11.6 Å². The number of carbonyl (C=O) groups is 2. The summed E-state index contributed by atoms with van der Waals surface area (Å²) in [4.78, 5) is 21.5. The first-order valence-corrected chi connectivity index (χ1v) is 11.7. The van der Waals surface area contributed by atoms with Gasteiger partial charge in [0.25, 0.3) is 0 Å². The van der Waals surface area contributed by atoms with Crippen LogP contribution in [0, 0.1) is 11.8 Å². The zero-order valence-corrected chi connectivity index (χ0v) is 20.8. The lowest BCUT2D eigenvalue weighted by molar-refractivity contribution is 0.0824. The van der Waals surface area contributed by atoms with Crippen molar-refractivity contribution in [2.45, 2.75) is 53.4 Å². The summed E-state index contributed by atoms with van der Waals surface area (Å²) in [6.45, 7) is 9.15.